The summed E-state index contributed by atoms with van der Waals surface area (Å²) in [7, 11) is 0. The molecule has 1 aliphatic rings. The molecule has 2 aromatic carbocycles. The molecule has 0 unspecified atom stereocenters. The maximum absolute atomic E-state index is 13.3. The summed E-state index contributed by atoms with van der Waals surface area (Å²) in [5, 5.41) is 0.463. The van der Waals surface area contributed by atoms with E-state index in [2.05, 4.69) is 0 Å². The van der Waals surface area contributed by atoms with Crippen LogP contribution in [0.1, 0.15) is 41.8 Å². The van der Waals surface area contributed by atoms with Crippen molar-refractivity contribution in [1.29, 1.82) is 0 Å². The van der Waals surface area contributed by atoms with Crippen molar-refractivity contribution in [3.05, 3.63) is 70.2 Å². The van der Waals surface area contributed by atoms with Crippen LogP contribution in [-0.4, -0.2) is 47.8 Å². The second-order valence-electron chi connectivity index (χ2n) is 7.91. The Bertz CT molecular complexity index is 861. The highest BCUT2D eigenvalue weighted by Crippen LogP contribution is 2.27. The maximum atomic E-state index is 13.3. The molecule has 4 nitrogen and oxygen atoms in total. The summed E-state index contributed by atoms with van der Waals surface area (Å²) in [4.78, 5) is 29.8. The summed E-state index contributed by atoms with van der Waals surface area (Å²) < 4.78 is 0. The zero-order chi connectivity index (χ0) is 20.3. The Morgan fingerprint density at radius 1 is 0.893 bits per heavy atom. The van der Waals surface area contributed by atoms with Gasteiger partial charge in [0.05, 0.1) is 16.0 Å². The van der Waals surface area contributed by atoms with Gasteiger partial charge in [-0.1, -0.05) is 53.6 Å². The molecule has 148 valence electrons. The Kier molecular flexibility index (Phi) is 6.09. The van der Waals surface area contributed by atoms with E-state index >= 15 is 0 Å². The Morgan fingerprint density at radius 3 is 2.18 bits per heavy atom. The lowest BCUT2D eigenvalue weighted by Crippen LogP contribution is -2.45. The molecular formula is C23H27ClN2O2. The molecule has 1 aliphatic heterocycles. The van der Waals surface area contributed by atoms with E-state index in [0.717, 1.165) is 12.0 Å². The number of hydrogen-bond acceptors (Lipinski definition) is 2. The molecule has 0 aliphatic carbocycles. The SMILES string of the molecule is Cc1ccc(C(C)(C)C(=O)N2CCCN(C(=O)c3ccccc3Cl)CC2)cc1. The van der Waals surface area contributed by atoms with Crippen LogP contribution in [0.15, 0.2) is 48.5 Å². The molecule has 0 spiro atoms. The van der Waals surface area contributed by atoms with Crippen LogP contribution in [0.25, 0.3) is 0 Å². The predicted octanol–water partition coefficient (Wildman–Crippen LogP) is 4.30. The fraction of sp³-hybridized carbons (Fsp3) is 0.391. The first-order valence-electron chi connectivity index (χ1n) is 9.71. The van der Waals surface area contributed by atoms with Gasteiger partial charge < -0.3 is 9.80 Å². The smallest absolute Gasteiger partial charge is 0.255 e. The van der Waals surface area contributed by atoms with Crippen molar-refractivity contribution < 1.29 is 9.59 Å². The second-order valence-corrected chi connectivity index (χ2v) is 8.32. The normalized spacial score (nSPS) is 15.3. The van der Waals surface area contributed by atoms with E-state index in [4.69, 9.17) is 11.6 Å². The Balaban J connectivity index is 1.71. The molecule has 0 aromatic heterocycles. The summed E-state index contributed by atoms with van der Waals surface area (Å²) in [6.07, 6.45) is 0.756. The first-order chi connectivity index (χ1) is 13.3. The molecule has 2 aromatic rings. The topological polar surface area (TPSA) is 40.6 Å². The van der Waals surface area contributed by atoms with Gasteiger partial charge in [-0.15, -0.1) is 0 Å². The van der Waals surface area contributed by atoms with E-state index in [-0.39, 0.29) is 11.8 Å². The van der Waals surface area contributed by atoms with Gasteiger partial charge in [0.1, 0.15) is 0 Å². The standard InChI is InChI=1S/C23H27ClN2O2/c1-17-9-11-18(12-10-17)23(2,3)22(28)26-14-6-13-25(15-16-26)21(27)19-7-4-5-8-20(19)24/h4-5,7-12H,6,13-16H2,1-3H3. The number of aryl methyl sites for hydroxylation is 1. The van der Waals surface area contributed by atoms with Gasteiger partial charge in [0.2, 0.25) is 5.91 Å². The summed E-state index contributed by atoms with van der Waals surface area (Å²) >= 11 is 6.18. The highest BCUT2D eigenvalue weighted by atomic mass is 35.5. The van der Waals surface area contributed by atoms with E-state index in [0.29, 0.717) is 36.8 Å². The average molecular weight is 399 g/mol. The zero-order valence-electron chi connectivity index (χ0n) is 16.7. The molecule has 0 radical (unpaired) electrons. The quantitative estimate of drug-likeness (QED) is 0.773. The van der Waals surface area contributed by atoms with Crippen LogP contribution >= 0.6 is 11.6 Å². The first kappa shape index (κ1) is 20.4. The van der Waals surface area contributed by atoms with E-state index in [1.165, 1.54) is 5.56 Å². The maximum Gasteiger partial charge on any atom is 0.255 e. The number of benzene rings is 2. The molecule has 0 bridgehead atoms. The minimum Gasteiger partial charge on any atom is -0.340 e. The van der Waals surface area contributed by atoms with Gasteiger partial charge in [0.15, 0.2) is 0 Å². The number of hydrogen-bond donors (Lipinski definition) is 0. The number of carbonyl (C=O) groups excluding carboxylic acids is 2. The lowest BCUT2D eigenvalue weighted by Gasteiger charge is -2.32. The molecule has 1 heterocycles. The van der Waals surface area contributed by atoms with Gasteiger partial charge in [-0.25, -0.2) is 0 Å². The zero-order valence-corrected chi connectivity index (χ0v) is 17.5. The number of halogens is 1. The van der Waals surface area contributed by atoms with Gasteiger partial charge in [0.25, 0.3) is 5.91 Å². The molecule has 28 heavy (non-hydrogen) atoms. The minimum atomic E-state index is -0.602. The fourth-order valence-electron chi connectivity index (χ4n) is 3.62. The van der Waals surface area contributed by atoms with Crippen molar-refractivity contribution in [2.75, 3.05) is 26.2 Å². The molecule has 0 atom stereocenters. The van der Waals surface area contributed by atoms with Gasteiger partial charge in [0, 0.05) is 26.2 Å². The van der Waals surface area contributed by atoms with E-state index < -0.39 is 5.41 Å². The number of rotatable bonds is 3. The van der Waals surface area contributed by atoms with Crippen LogP contribution in [0, 0.1) is 6.92 Å². The van der Waals surface area contributed by atoms with Gasteiger partial charge in [-0.05, 0) is 44.9 Å². The fourth-order valence-corrected chi connectivity index (χ4v) is 3.83. The third-order valence-electron chi connectivity index (χ3n) is 5.48. The second kappa shape index (κ2) is 8.36. The summed E-state index contributed by atoms with van der Waals surface area (Å²) in [6.45, 7) is 8.30. The van der Waals surface area contributed by atoms with Crippen molar-refractivity contribution in [1.82, 2.24) is 9.80 Å². The van der Waals surface area contributed by atoms with E-state index in [1.807, 2.05) is 62.1 Å². The highest BCUT2D eigenvalue weighted by molar-refractivity contribution is 6.33. The van der Waals surface area contributed by atoms with Crippen LogP contribution < -0.4 is 0 Å². The van der Waals surface area contributed by atoms with Crippen LogP contribution in [0.3, 0.4) is 0 Å². The number of carbonyl (C=O) groups is 2. The summed E-state index contributed by atoms with van der Waals surface area (Å²) in [6, 6.07) is 15.2. The van der Waals surface area contributed by atoms with Crippen molar-refractivity contribution in [3.8, 4) is 0 Å². The molecule has 0 N–H and O–H groups in total. The summed E-state index contributed by atoms with van der Waals surface area (Å²) in [5.41, 5.74) is 2.10. The monoisotopic (exact) mass is 398 g/mol. The molecular weight excluding hydrogens is 372 g/mol. The minimum absolute atomic E-state index is 0.0716. The number of nitrogens with zero attached hydrogens (tertiary/aromatic N) is 2. The summed E-state index contributed by atoms with van der Waals surface area (Å²) in [5.74, 6) is 0.0288. The van der Waals surface area contributed by atoms with Crippen molar-refractivity contribution >= 4 is 23.4 Å². The molecule has 3 rings (SSSR count). The Labute approximate surface area is 172 Å². The van der Waals surface area contributed by atoms with Crippen molar-refractivity contribution in [3.63, 3.8) is 0 Å². The molecule has 2 amide bonds. The van der Waals surface area contributed by atoms with Crippen molar-refractivity contribution in [2.45, 2.75) is 32.6 Å². The Hall–Kier alpha value is -2.33. The van der Waals surface area contributed by atoms with E-state index in [9.17, 15) is 9.59 Å². The lowest BCUT2D eigenvalue weighted by atomic mass is 9.82. The average Bonchev–Trinajstić information content (AvgIpc) is 2.94. The third kappa shape index (κ3) is 4.22. The van der Waals surface area contributed by atoms with Gasteiger partial charge in [-0.2, -0.15) is 0 Å². The lowest BCUT2D eigenvalue weighted by molar-refractivity contribution is -0.136. The first-order valence-corrected chi connectivity index (χ1v) is 10.1. The largest absolute Gasteiger partial charge is 0.340 e. The number of amides is 2. The predicted molar refractivity (Wildman–Crippen MR) is 113 cm³/mol. The molecule has 1 saturated heterocycles. The third-order valence-corrected chi connectivity index (χ3v) is 5.81. The molecule has 5 heteroatoms. The van der Waals surface area contributed by atoms with Gasteiger partial charge >= 0.3 is 0 Å². The molecule has 0 saturated carbocycles. The van der Waals surface area contributed by atoms with E-state index in [1.54, 1.807) is 17.0 Å². The van der Waals surface area contributed by atoms with Crippen LogP contribution in [-0.2, 0) is 10.2 Å². The Morgan fingerprint density at radius 2 is 1.50 bits per heavy atom. The van der Waals surface area contributed by atoms with Crippen molar-refractivity contribution in [2.24, 2.45) is 0 Å². The van der Waals surface area contributed by atoms with Gasteiger partial charge in [-0.3, -0.25) is 9.59 Å². The van der Waals surface area contributed by atoms with Crippen LogP contribution in [0.5, 0.6) is 0 Å². The van der Waals surface area contributed by atoms with Crippen LogP contribution in [0.4, 0.5) is 0 Å². The van der Waals surface area contributed by atoms with Crippen LogP contribution in [0.2, 0.25) is 5.02 Å². The molecule has 1 fully saturated rings. The highest BCUT2D eigenvalue weighted by Gasteiger charge is 2.35.